The van der Waals surface area contributed by atoms with Crippen LogP contribution in [-0.4, -0.2) is 17.4 Å². The van der Waals surface area contributed by atoms with Crippen LogP contribution in [0, 0.1) is 17.0 Å². The third-order valence-corrected chi connectivity index (χ3v) is 5.28. The van der Waals surface area contributed by atoms with Crippen LogP contribution in [0.3, 0.4) is 0 Å². The van der Waals surface area contributed by atoms with Crippen LogP contribution in [0.4, 0.5) is 17.1 Å². The second kappa shape index (κ2) is 10.3. The molecule has 31 heavy (non-hydrogen) atoms. The number of halogens is 2. The zero-order chi connectivity index (χ0) is 22.4. The number of nitro benzene ring substituents is 1. The lowest BCUT2D eigenvalue weighted by molar-refractivity contribution is -0.384. The summed E-state index contributed by atoms with van der Waals surface area (Å²) in [7, 11) is 0. The molecule has 0 spiro atoms. The van der Waals surface area contributed by atoms with E-state index < -0.39 is 4.92 Å². The van der Waals surface area contributed by atoms with E-state index >= 15 is 0 Å². The lowest BCUT2D eigenvalue weighted by Crippen LogP contribution is -2.20. The number of benzene rings is 3. The minimum absolute atomic E-state index is 0.00333. The van der Waals surface area contributed by atoms with Gasteiger partial charge in [-0.25, -0.2) is 0 Å². The summed E-state index contributed by atoms with van der Waals surface area (Å²) < 4.78 is 6.56. The highest BCUT2D eigenvalue weighted by Gasteiger charge is 2.10. The molecule has 0 bridgehead atoms. The Hall–Kier alpha value is -3.10. The number of non-ortho nitro benzene ring substituents is 1. The molecule has 0 aromatic heterocycles. The molecule has 0 aliphatic heterocycles. The Morgan fingerprint density at radius 3 is 2.68 bits per heavy atom. The van der Waals surface area contributed by atoms with Crippen molar-refractivity contribution >= 4 is 50.5 Å². The number of rotatable bonds is 8. The van der Waals surface area contributed by atoms with Gasteiger partial charge in [0.1, 0.15) is 5.75 Å². The molecule has 3 rings (SSSR count). The van der Waals surface area contributed by atoms with Crippen LogP contribution in [-0.2, 0) is 11.3 Å². The van der Waals surface area contributed by atoms with Gasteiger partial charge in [-0.2, -0.15) is 0 Å². The van der Waals surface area contributed by atoms with Gasteiger partial charge in [0.2, 0.25) is 0 Å². The molecule has 160 valence electrons. The molecule has 0 saturated carbocycles. The maximum Gasteiger partial charge on any atom is 0.271 e. The lowest BCUT2D eigenvalue weighted by Gasteiger charge is -2.14. The Bertz CT molecular complexity index is 1120. The van der Waals surface area contributed by atoms with Crippen molar-refractivity contribution in [1.82, 2.24) is 0 Å². The third-order valence-electron chi connectivity index (χ3n) is 4.38. The summed E-state index contributed by atoms with van der Waals surface area (Å²) in [5.41, 5.74) is 2.91. The van der Waals surface area contributed by atoms with Gasteiger partial charge in [-0.15, -0.1) is 0 Å². The third kappa shape index (κ3) is 6.44. The Balaban J connectivity index is 1.64. The molecule has 1 amide bonds. The fraction of sp³-hybridized carbons (Fsp3) is 0.136. The molecule has 0 heterocycles. The van der Waals surface area contributed by atoms with Gasteiger partial charge in [-0.1, -0.05) is 39.7 Å². The molecule has 0 fully saturated rings. The predicted molar refractivity (Wildman–Crippen MR) is 125 cm³/mol. The van der Waals surface area contributed by atoms with Crippen molar-refractivity contribution in [3.05, 3.63) is 91.4 Å². The van der Waals surface area contributed by atoms with Gasteiger partial charge >= 0.3 is 0 Å². The minimum atomic E-state index is -0.446. The first-order valence-electron chi connectivity index (χ1n) is 9.27. The average Bonchev–Trinajstić information content (AvgIpc) is 2.74. The van der Waals surface area contributed by atoms with Crippen molar-refractivity contribution in [2.24, 2.45) is 0 Å². The molecule has 0 saturated heterocycles. The number of carbonyl (C=O) groups is 1. The number of carbonyl (C=O) groups excluding carboxylic acids is 1. The van der Waals surface area contributed by atoms with E-state index in [-0.39, 0.29) is 18.2 Å². The van der Waals surface area contributed by atoms with Crippen LogP contribution in [0.5, 0.6) is 5.75 Å². The summed E-state index contributed by atoms with van der Waals surface area (Å²) in [6.07, 6.45) is 0. The quantitative estimate of drug-likeness (QED) is 0.292. The lowest BCUT2D eigenvalue weighted by atomic mass is 10.2. The Labute approximate surface area is 192 Å². The summed E-state index contributed by atoms with van der Waals surface area (Å²) in [6.45, 7) is 2.05. The van der Waals surface area contributed by atoms with Gasteiger partial charge in [0.25, 0.3) is 11.6 Å². The Morgan fingerprint density at radius 2 is 1.94 bits per heavy atom. The van der Waals surface area contributed by atoms with Crippen LogP contribution in [0.2, 0.25) is 5.02 Å². The summed E-state index contributed by atoms with van der Waals surface area (Å²) >= 11 is 9.51. The van der Waals surface area contributed by atoms with Crippen molar-refractivity contribution in [2.45, 2.75) is 13.5 Å². The number of nitrogens with one attached hydrogen (secondary N) is 2. The molecule has 3 aromatic carbocycles. The van der Waals surface area contributed by atoms with E-state index in [1.54, 1.807) is 30.3 Å². The van der Waals surface area contributed by atoms with Crippen molar-refractivity contribution in [2.75, 3.05) is 17.2 Å². The van der Waals surface area contributed by atoms with Gasteiger partial charge in [0.15, 0.2) is 6.61 Å². The van der Waals surface area contributed by atoms with Crippen molar-refractivity contribution in [3.8, 4) is 5.75 Å². The zero-order valence-electron chi connectivity index (χ0n) is 16.5. The van der Waals surface area contributed by atoms with E-state index in [9.17, 15) is 14.9 Å². The number of nitro groups is 1. The maximum absolute atomic E-state index is 12.3. The first-order valence-corrected chi connectivity index (χ1v) is 10.4. The molecule has 7 nitrogen and oxygen atoms in total. The minimum Gasteiger partial charge on any atom is -0.483 e. The molecule has 9 heteroatoms. The highest BCUT2D eigenvalue weighted by molar-refractivity contribution is 9.10. The average molecular weight is 505 g/mol. The highest BCUT2D eigenvalue weighted by Crippen LogP contribution is 2.26. The van der Waals surface area contributed by atoms with Crippen LogP contribution in [0.15, 0.2) is 65.1 Å². The van der Waals surface area contributed by atoms with Gasteiger partial charge in [0, 0.05) is 45.1 Å². The molecule has 0 aliphatic rings. The smallest absolute Gasteiger partial charge is 0.271 e. The van der Waals surface area contributed by atoms with E-state index in [1.165, 1.54) is 12.1 Å². The second-order valence-corrected chi connectivity index (χ2v) is 8.04. The molecule has 0 aliphatic carbocycles. The van der Waals surface area contributed by atoms with Crippen LogP contribution < -0.4 is 15.4 Å². The second-order valence-electron chi connectivity index (χ2n) is 6.71. The Morgan fingerprint density at radius 1 is 1.13 bits per heavy atom. The van der Waals surface area contributed by atoms with E-state index in [0.29, 0.717) is 28.7 Å². The topological polar surface area (TPSA) is 93.5 Å². The maximum atomic E-state index is 12.3. The first kappa shape index (κ1) is 22.6. The molecular weight excluding hydrogens is 486 g/mol. The monoisotopic (exact) mass is 503 g/mol. The van der Waals surface area contributed by atoms with Crippen molar-refractivity contribution in [3.63, 3.8) is 0 Å². The number of aryl methyl sites for hydroxylation is 1. The molecule has 3 aromatic rings. The predicted octanol–water partition coefficient (Wildman–Crippen LogP) is 5.95. The van der Waals surface area contributed by atoms with Gasteiger partial charge in [-0.3, -0.25) is 14.9 Å². The van der Waals surface area contributed by atoms with E-state index in [4.69, 9.17) is 16.3 Å². The fourth-order valence-corrected chi connectivity index (χ4v) is 3.35. The number of ether oxygens (including phenoxy) is 1. The number of amides is 1. The Kier molecular flexibility index (Phi) is 7.49. The highest BCUT2D eigenvalue weighted by atomic mass is 79.9. The number of nitrogens with zero attached hydrogens (tertiary/aromatic N) is 1. The number of hydrogen-bond acceptors (Lipinski definition) is 5. The van der Waals surface area contributed by atoms with Gasteiger partial charge in [-0.05, 0) is 48.9 Å². The van der Waals surface area contributed by atoms with Crippen LogP contribution >= 0.6 is 27.5 Å². The fourth-order valence-electron chi connectivity index (χ4n) is 2.76. The van der Waals surface area contributed by atoms with E-state index in [2.05, 4.69) is 26.6 Å². The number of hydrogen-bond donors (Lipinski definition) is 2. The van der Waals surface area contributed by atoms with E-state index in [0.717, 1.165) is 15.6 Å². The van der Waals surface area contributed by atoms with E-state index in [1.807, 2.05) is 25.1 Å². The van der Waals surface area contributed by atoms with Crippen molar-refractivity contribution < 1.29 is 14.5 Å². The standard InChI is InChI=1S/C22H19BrClN3O4/c1-14-5-7-18(11-20(14)24)26-22(28)13-31-21-8-6-16(23)9-15(21)12-25-17-3-2-4-19(10-17)27(29)30/h2-11,25H,12-13H2,1H3,(H,26,28). The first-order chi connectivity index (χ1) is 14.8. The van der Waals surface area contributed by atoms with Crippen LogP contribution in [0.1, 0.15) is 11.1 Å². The summed E-state index contributed by atoms with van der Waals surface area (Å²) in [5.74, 6) is 0.207. The van der Waals surface area contributed by atoms with Crippen LogP contribution in [0.25, 0.3) is 0 Å². The normalized spacial score (nSPS) is 10.4. The summed E-state index contributed by atoms with van der Waals surface area (Å²) in [4.78, 5) is 22.8. The molecular formula is C22H19BrClN3O4. The van der Waals surface area contributed by atoms with Crippen molar-refractivity contribution in [1.29, 1.82) is 0 Å². The van der Waals surface area contributed by atoms with Gasteiger partial charge < -0.3 is 15.4 Å². The SMILES string of the molecule is Cc1ccc(NC(=O)COc2ccc(Br)cc2CNc2cccc([N+](=O)[O-])c2)cc1Cl. The summed E-state index contributed by atoms with van der Waals surface area (Å²) in [6, 6.07) is 16.9. The van der Waals surface area contributed by atoms with Gasteiger partial charge in [0.05, 0.1) is 4.92 Å². The molecule has 0 unspecified atom stereocenters. The molecule has 0 atom stereocenters. The molecule has 2 N–H and O–H groups in total. The summed E-state index contributed by atoms with van der Waals surface area (Å²) in [5, 5.41) is 17.4. The zero-order valence-corrected chi connectivity index (χ0v) is 18.9. The molecule has 0 radical (unpaired) electrons. The number of anilines is 2. The largest absolute Gasteiger partial charge is 0.483 e.